The molecule has 1 N–H and O–H groups in total. The SMILES string of the molecule is C[C@]12CCCCC1CC[C@@H]1[C@H]2CC[C@]2(C)C(OC(=NO)c3ccccc3)CC[C@@H]12. The molecule has 5 rings (SSSR count). The van der Waals surface area contributed by atoms with Crippen LogP contribution >= 0.6 is 0 Å². The number of hydrogen-bond acceptors (Lipinski definition) is 3. The van der Waals surface area contributed by atoms with Gasteiger partial charge in [-0.2, -0.15) is 0 Å². The number of nitrogens with zero attached hydrogens (tertiary/aromatic N) is 1. The molecule has 0 spiro atoms. The van der Waals surface area contributed by atoms with Crippen LogP contribution in [0.2, 0.25) is 0 Å². The first-order valence-corrected chi connectivity index (χ1v) is 12.0. The molecule has 4 saturated carbocycles. The maximum absolute atomic E-state index is 9.63. The summed E-state index contributed by atoms with van der Waals surface area (Å²) in [6.45, 7) is 5.12. The van der Waals surface area contributed by atoms with Crippen molar-refractivity contribution in [2.75, 3.05) is 0 Å². The highest BCUT2D eigenvalue weighted by Crippen LogP contribution is 2.66. The van der Waals surface area contributed by atoms with Gasteiger partial charge in [0, 0.05) is 11.0 Å². The summed E-state index contributed by atoms with van der Waals surface area (Å²) in [5.41, 5.74) is 1.67. The van der Waals surface area contributed by atoms with Crippen LogP contribution in [0, 0.1) is 34.5 Å². The minimum absolute atomic E-state index is 0.163. The van der Waals surface area contributed by atoms with Crippen LogP contribution in [-0.4, -0.2) is 17.2 Å². The smallest absolute Gasteiger partial charge is 0.257 e. The summed E-state index contributed by atoms with van der Waals surface area (Å²) in [5, 5.41) is 13.2. The molecule has 0 radical (unpaired) electrons. The lowest BCUT2D eigenvalue weighted by atomic mass is 9.45. The molecule has 0 aromatic heterocycles. The Labute approximate surface area is 175 Å². The molecule has 0 aliphatic heterocycles. The van der Waals surface area contributed by atoms with Crippen LogP contribution in [0.5, 0.6) is 0 Å². The number of benzene rings is 1. The average Bonchev–Trinajstić information content (AvgIpc) is 3.08. The van der Waals surface area contributed by atoms with Gasteiger partial charge in [0.2, 0.25) is 0 Å². The Morgan fingerprint density at radius 2 is 1.69 bits per heavy atom. The van der Waals surface area contributed by atoms with Gasteiger partial charge in [0.05, 0.1) is 0 Å². The lowest BCUT2D eigenvalue weighted by Gasteiger charge is -2.60. The molecular formula is C26H37NO2. The van der Waals surface area contributed by atoms with Crippen molar-refractivity contribution in [3.63, 3.8) is 0 Å². The molecule has 4 aliphatic carbocycles. The van der Waals surface area contributed by atoms with E-state index in [0.29, 0.717) is 11.3 Å². The van der Waals surface area contributed by atoms with Crippen molar-refractivity contribution < 1.29 is 9.94 Å². The molecule has 158 valence electrons. The Hall–Kier alpha value is -1.51. The highest BCUT2D eigenvalue weighted by Gasteiger charge is 2.60. The van der Waals surface area contributed by atoms with Gasteiger partial charge in [0.25, 0.3) is 5.90 Å². The third kappa shape index (κ3) is 3.02. The number of ether oxygens (including phenoxy) is 1. The van der Waals surface area contributed by atoms with Crippen molar-refractivity contribution in [3.8, 4) is 0 Å². The first-order valence-electron chi connectivity index (χ1n) is 12.0. The number of hydrogen-bond donors (Lipinski definition) is 1. The van der Waals surface area contributed by atoms with E-state index in [-0.39, 0.29) is 11.5 Å². The van der Waals surface area contributed by atoms with Gasteiger partial charge in [0.1, 0.15) is 6.10 Å². The molecule has 0 heterocycles. The van der Waals surface area contributed by atoms with Crippen molar-refractivity contribution in [1.29, 1.82) is 0 Å². The van der Waals surface area contributed by atoms with E-state index in [1.807, 2.05) is 30.3 Å². The van der Waals surface area contributed by atoms with E-state index < -0.39 is 0 Å². The maximum atomic E-state index is 9.63. The van der Waals surface area contributed by atoms with Gasteiger partial charge in [-0.1, -0.05) is 44.9 Å². The fraction of sp³-hybridized carbons (Fsp3) is 0.731. The lowest BCUT2D eigenvalue weighted by molar-refractivity contribution is -0.119. The summed E-state index contributed by atoms with van der Waals surface area (Å²) < 4.78 is 6.43. The summed E-state index contributed by atoms with van der Waals surface area (Å²) in [4.78, 5) is 0. The average molecular weight is 396 g/mol. The fourth-order valence-electron chi connectivity index (χ4n) is 8.31. The summed E-state index contributed by atoms with van der Waals surface area (Å²) >= 11 is 0. The monoisotopic (exact) mass is 395 g/mol. The predicted octanol–water partition coefficient (Wildman–Crippen LogP) is 6.64. The van der Waals surface area contributed by atoms with Gasteiger partial charge < -0.3 is 9.94 Å². The standard InChI is InChI=1S/C26H37NO2/c1-25-16-7-6-10-19(25)11-12-20-21-13-14-23(26(21,2)17-15-22(20)25)29-24(27-28)18-8-4-3-5-9-18/h3-5,8-9,19-23,28H,6-7,10-17H2,1-2H3/t19?,20-,21-,22+,23?,25-,26-/m0/s1. The summed E-state index contributed by atoms with van der Waals surface area (Å²) in [7, 11) is 0. The molecule has 1 aromatic rings. The summed E-state index contributed by atoms with van der Waals surface area (Å²) in [5.74, 6) is 3.91. The van der Waals surface area contributed by atoms with Gasteiger partial charge in [0.15, 0.2) is 0 Å². The van der Waals surface area contributed by atoms with E-state index in [0.717, 1.165) is 35.7 Å². The highest BCUT2D eigenvalue weighted by atomic mass is 16.5. The Morgan fingerprint density at radius 3 is 2.48 bits per heavy atom. The van der Waals surface area contributed by atoms with E-state index in [4.69, 9.17) is 4.74 Å². The Balaban J connectivity index is 1.36. The van der Waals surface area contributed by atoms with E-state index in [1.54, 1.807) is 0 Å². The zero-order chi connectivity index (χ0) is 20.1. The second kappa shape index (κ2) is 7.32. The van der Waals surface area contributed by atoms with Crippen LogP contribution in [0.4, 0.5) is 0 Å². The maximum Gasteiger partial charge on any atom is 0.257 e. The third-order valence-electron chi connectivity index (χ3n) is 9.86. The van der Waals surface area contributed by atoms with Crippen molar-refractivity contribution in [2.45, 2.75) is 84.2 Å². The molecule has 29 heavy (non-hydrogen) atoms. The topological polar surface area (TPSA) is 41.8 Å². The van der Waals surface area contributed by atoms with Gasteiger partial charge in [-0.05, 0) is 97.7 Å². The molecule has 4 aliphatic rings. The molecule has 0 bridgehead atoms. The van der Waals surface area contributed by atoms with E-state index >= 15 is 0 Å². The lowest BCUT2D eigenvalue weighted by Crippen LogP contribution is -2.53. The van der Waals surface area contributed by atoms with Crippen molar-refractivity contribution in [2.24, 2.45) is 39.7 Å². The molecule has 3 heteroatoms. The fourth-order valence-corrected chi connectivity index (χ4v) is 8.31. The Bertz CT molecular complexity index is 761. The largest absolute Gasteiger partial charge is 0.471 e. The molecular weight excluding hydrogens is 358 g/mol. The third-order valence-corrected chi connectivity index (χ3v) is 9.86. The van der Waals surface area contributed by atoms with Gasteiger partial charge in [-0.3, -0.25) is 0 Å². The highest BCUT2D eigenvalue weighted by molar-refractivity contribution is 5.93. The second-order valence-corrected chi connectivity index (χ2v) is 10.9. The van der Waals surface area contributed by atoms with Crippen LogP contribution in [-0.2, 0) is 4.74 Å². The van der Waals surface area contributed by atoms with Gasteiger partial charge in [-0.15, -0.1) is 0 Å². The van der Waals surface area contributed by atoms with E-state index in [9.17, 15) is 5.21 Å². The Morgan fingerprint density at radius 1 is 0.897 bits per heavy atom. The zero-order valence-electron chi connectivity index (χ0n) is 18.1. The number of fused-ring (bicyclic) bond motifs is 5. The molecule has 2 unspecified atom stereocenters. The van der Waals surface area contributed by atoms with Crippen molar-refractivity contribution in [3.05, 3.63) is 35.9 Å². The normalized spacial score (nSPS) is 44.5. The molecule has 7 atom stereocenters. The molecule has 1 aromatic carbocycles. The van der Waals surface area contributed by atoms with Crippen LogP contribution in [0.3, 0.4) is 0 Å². The number of rotatable bonds is 2. The van der Waals surface area contributed by atoms with Crippen LogP contribution < -0.4 is 0 Å². The summed E-state index contributed by atoms with van der Waals surface area (Å²) in [6, 6.07) is 9.85. The predicted molar refractivity (Wildman–Crippen MR) is 116 cm³/mol. The minimum Gasteiger partial charge on any atom is -0.471 e. The van der Waals surface area contributed by atoms with Crippen LogP contribution in [0.25, 0.3) is 0 Å². The second-order valence-electron chi connectivity index (χ2n) is 10.9. The van der Waals surface area contributed by atoms with Gasteiger partial charge >= 0.3 is 0 Å². The molecule has 0 amide bonds. The first kappa shape index (κ1) is 19.5. The Kier molecular flexibility index (Phi) is 4.91. The van der Waals surface area contributed by atoms with Crippen LogP contribution in [0.1, 0.15) is 83.6 Å². The van der Waals surface area contributed by atoms with Gasteiger partial charge in [-0.25, -0.2) is 0 Å². The first-order chi connectivity index (χ1) is 14.1. The number of oxime groups is 1. The molecule has 0 saturated heterocycles. The van der Waals surface area contributed by atoms with E-state index in [1.165, 1.54) is 57.8 Å². The van der Waals surface area contributed by atoms with Crippen molar-refractivity contribution >= 4 is 5.90 Å². The quantitative estimate of drug-likeness (QED) is 0.264. The molecule has 4 fully saturated rings. The zero-order valence-corrected chi connectivity index (χ0v) is 18.1. The molecule has 3 nitrogen and oxygen atoms in total. The van der Waals surface area contributed by atoms with Crippen LogP contribution in [0.15, 0.2) is 35.5 Å². The van der Waals surface area contributed by atoms with Crippen molar-refractivity contribution in [1.82, 2.24) is 0 Å². The summed E-state index contributed by atoms with van der Waals surface area (Å²) in [6.07, 6.45) is 13.9. The minimum atomic E-state index is 0.163. The van der Waals surface area contributed by atoms with E-state index in [2.05, 4.69) is 19.0 Å².